The molecule has 0 N–H and O–H groups in total. The predicted molar refractivity (Wildman–Crippen MR) is 84.4 cm³/mol. The second-order valence-electron chi connectivity index (χ2n) is 6.73. The molecule has 1 rings (SSSR count). The van der Waals surface area contributed by atoms with E-state index in [1.165, 1.54) is 0 Å². The molecule has 0 saturated heterocycles. The molecule has 0 amide bonds. The minimum Gasteiger partial charge on any atom is -1.00 e. The van der Waals surface area contributed by atoms with Crippen LogP contribution in [0.15, 0.2) is 18.2 Å². The second-order valence-corrected chi connectivity index (χ2v) is 9.73. The first kappa shape index (κ1) is 33.2. The predicted octanol–water partition coefficient (Wildman–Crippen LogP) is -0.0318. The molecule has 0 aliphatic heterocycles. The van der Waals surface area contributed by atoms with Gasteiger partial charge in [0.25, 0.3) is 0 Å². The summed E-state index contributed by atoms with van der Waals surface area (Å²) in [4.78, 5) is 0. The summed E-state index contributed by atoms with van der Waals surface area (Å²) in [7, 11) is 0.120. The van der Waals surface area contributed by atoms with Crippen molar-refractivity contribution in [2.75, 3.05) is 0 Å². The average molecular weight is 371 g/mol. The fourth-order valence-electron chi connectivity index (χ4n) is 0.340. The molecule has 0 saturated carbocycles. The van der Waals surface area contributed by atoms with Gasteiger partial charge in [0.1, 0.15) is 0 Å². The van der Waals surface area contributed by atoms with Crippen molar-refractivity contribution in [3.8, 4) is 0 Å². The maximum atomic E-state index is 10.1. The van der Waals surface area contributed by atoms with E-state index in [1.807, 2.05) is 12.2 Å². The zero-order valence-electron chi connectivity index (χ0n) is 15.1. The summed E-state index contributed by atoms with van der Waals surface area (Å²) < 4.78 is 0. The van der Waals surface area contributed by atoms with Crippen molar-refractivity contribution in [3.05, 3.63) is 24.3 Å². The zero-order valence-corrected chi connectivity index (χ0v) is 18.2. The van der Waals surface area contributed by atoms with E-state index in [-0.39, 0.29) is 39.8 Å². The third-order valence-corrected chi connectivity index (χ3v) is 0.586. The van der Waals surface area contributed by atoms with Crippen LogP contribution in [0.25, 0.3) is 0 Å². The molecule has 0 spiro atoms. The molecule has 0 unspecified atom stereocenters. The van der Waals surface area contributed by atoms with E-state index in [2.05, 4.69) is 31.8 Å². The van der Waals surface area contributed by atoms with Gasteiger partial charge in [-0.2, -0.15) is 6.08 Å². The number of rotatable bonds is 0. The van der Waals surface area contributed by atoms with Crippen molar-refractivity contribution in [2.24, 2.45) is 0 Å². The standard InChI is InChI=1S/C5H5.2C4H9O.C3H9Si.ClH.V/c1-2-4-5-3-1;2*1-4(2,3)5;1-4(2)3;;/h1-3H,4H2;2*1-3H3;1-3H3;1H;/q3*-1;;;+4/p-1. The van der Waals surface area contributed by atoms with Crippen molar-refractivity contribution >= 4 is 8.80 Å². The Labute approximate surface area is 153 Å². The first-order chi connectivity index (χ1) is 8.23. The smallest absolute Gasteiger partial charge is 1.00 e. The van der Waals surface area contributed by atoms with Crippen LogP contribution in [0.2, 0.25) is 19.6 Å². The van der Waals surface area contributed by atoms with Gasteiger partial charge in [0, 0.05) is 8.80 Å². The van der Waals surface area contributed by atoms with Crippen LogP contribution in [0.3, 0.4) is 0 Å². The van der Waals surface area contributed by atoms with Gasteiger partial charge >= 0.3 is 18.6 Å². The average Bonchev–Trinajstić information content (AvgIpc) is 2.48. The monoisotopic (exact) mass is 370 g/mol. The molecule has 5 heteroatoms. The van der Waals surface area contributed by atoms with E-state index in [0.717, 1.165) is 6.42 Å². The maximum absolute atomic E-state index is 10.1. The molecule has 2 radical (unpaired) electrons. The molecule has 2 nitrogen and oxygen atoms in total. The molecule has 0 aromatic heterocycles. The SMILES string of the molecule is CC(C)(C)[O-].CC(C)(C)[O-].C[Si](C)C.[C-]1=CC=CC1.[Cl-].[V+4]. The normalized spacial score (nSPS) is 11.6. The largest absolute Gasteiger partial charge is 4.00 e. The minimum absolute atomic E-state index is 0. The van der Waals surface area contributed by atoms with Gasteiger partial charge in [0.05, 0.1) is 0 Å². The fraction of sp³-hybridized carbons (Fsp3) is 0.750. The summed E-state index contributed by atoms with van der Waals surface area (Å²) >= 11 is 0. The summed E-state index contributed by atoms with van der Waals surface area (Å²) in [5, 5.41) is 20.2. The summed E-state index contributed by atoms with van der Waals surface area (Å²) in [6, 6.07) is 0. The van der Waals surface area contributed by atoms with Gasteiger partial charge in [0.2, 0.25) is 0 Å². The van der Waals surface area contributed by atoms with E-state index in [1.54, 1.807) is 41.5 Å². The van der Waals surface area contributed by atoms with Crippen molar-refractivity contribution < 1.29 is 41.2 Å². The summed E-state index contributed by atoms with van der Waals surface area (Å²) in [6.07, 6.45) is 10.0. The topological polar surface area (TPSA) is 46.1 Å². The Morgan fingerprint density at radius 1 is 0.905 bits per heavy atom. The van der Waals surface area contributed by atoms with E-state index in [0.29, 0.717) is 0 Å². The number of halogens is 1. The molecule has 124 valence electrons. The first-order valence-corrected chi connectivity index (χ1v) is 9.63. The van der Waals surface area contributed by atoms with Crippen LogP contribution in [0.4, 0.5) is 0 Å². The summed E-state index contributed by atoms with van der Waals surface area (Å²) in [5.41, 5.74) is -1.50. The summed E-state index contributed by atoms with van der Waals surface area (Å²) in [6.45, 7) is 16.6. The van der Waals surface area contributed by atoms with Crippen molar-refractivity contribution in [2.45, 2.75) is 78.8 Å². The minimum atomic E-state index is -0.750. The zero-order chi connectivity index (χ0) is 16.1. The Bertz CT molecular complexity index is 205. The molecular formula is C16H32ClO2SiV. The Balaban J connectivity index is -0.0000000527. The maximum Gasteiger partial charge on any atom is 4.00 e. The Morgan fingerprint density at radius 3 is 1.19 bits per heavy atom. The van der Waals surface area contributed by atoms with Crippen molar-refractivity contribution in [1.29, 1.82) is 0 Å². The third-order valence-electron chi connectivity index (χ3n) is 0.586. The Morgan fingerprint density at radius 2 is 1.14 bits per heavy atom. The van der Waals surface area contributed by atoms with E-state index in [9.17, 15) is 10.2 Å². The van der Waals surface area contributed by atoms with Gasteiger partial charge < -0.3 is 22.6 Å². The molecule has 1 aliphatic rings. The molecular weight excluding hydrogens is 339 g/mol. The van der Waals surface area contributed by atoms with Crippen molar-refractivity contribution in [1.82, 2.24) is 0 Å². The first-order valence-electron chi connectivity index (χ1n) is 6.63. The second kappa shape index (κ2) is 18.5. The van der Waals surface area contributed by atoms with Crippen LogP contribution in [0.5, 0.6) is 0 Å². The molecule has 0 fully saturated rings. The van der Waals surface area contributed by atoms with E-state index in [4.69, 9.17) is 0 Å². The van der Waals surface area contributed by atoms with Crippen LogP contribution in [0, 0.1) is 6.08 Å². The molecule has 21 heavy (non-hydrogen) atoms. The summed E-state index contributed by atoms with van der Waals surface area (Å²) in [5.74, 6) is 0. The molecule has 0 aromatic rings. The van der Waals surface area contributed by atoms with Gasteiger partial charge in [0.15, 0.2) is 0 Å². The van der Waals surface area contributed by atoms with Gasteiger partial charge in [-0.15, -0.1) is 17.6 Å². The van der Waals surface area contributed by atoms with Gasteiger partial charge in [-0.3, -0.25) is 6.08 Å². The van der Waals surface area contributed by atoms with Crippen LogP contribution >= 0.6 is 0 Å². The van der Waals surface area contributed by atoms with E-state index < -0.39 is 11.2 Å². The van der Waals surface area contributed by atoms with Crippen LogP contribution in [-0.2, 0) is 18.6 Å². The van der Waals surface area contributed by atoms with Crippen LogP contribution < -0.4 is 22.6 Å². The van der Waals surface area contributed by atoms with Crippen LogP contribution in [0.1, 0.15) is 48.0 Å². The number of hydrogen-bond donors (Lipinski definition) is 0. The van der Waals surface area contributed by atoms with E-state index >= 15 is 0 Å². The number of hydrogen-bond acceptors (Lipinski definition) is 2. The Hall–Kier alpha value is 0.491. The number of allylic oxidation sites excluding steroid dienone is 4. The van der Waals surface area contributed by atoms with Crippen LogP contribution in [-0.4, -0.2) is 20.0 Å². The molecule has 0 heterocycles. The van der Waals surface area contributed by atoms with Gasteiger partial charge in [-0.1, -0.05) is 61.2 Å². The van der Waals surface area contributed by atoms with Crippen molar-refractivity contribution in [3.63, 3.8) is 0 Å². The Kier molecular flexibility index (Phi) is 29.3. The molecule has 1 aliphatic carbocycles. The van der Waals surface area contributed by atoms with Gasteiger partial charge in [-0.25, -0.2) is 12.2 Å². The third kappa shape index (κ3) is 232. The quantitative estimate of drug-likeness (QED) is 0.444. The molecule has 0 bridgehead atoms. The molecule has 0 atom stereocenters. The molecule has 0 aromatic carbocycles. The van der Waals surface area contributed by atoms with Gasteiger partial charge in [-0.05, 0) is 0 Å². The fourth-order valence-corrected chi connectivity index (χ4v) is 0.340.